The zero-order valence-corrected chi connectivity index (χ0v) is 14.2. The lowest BCUT2D eigenvalue weighted by atomic mass is 10.2. The van der Waals surface area contributed by atoms with E-state index >= 15 is 0 Å². The number of nitrogens with one attached hydrogen (secondary N) is 1. The third kappa shape index (κ3) is 6.38. The maximum Gasteiger partial charge on any atom is 0.307 e. The SMILES string of the molecule is CCOC(=O)CCNCc1ccc(OCc2ccc(C)cc2)nc1. The average molecular weight is 328 g/mol. The van der Waals surface area contributed by atoms with Crippen LogP contribution in [-0.4, -0.2) is 24.1 Å². The molecular formula is C19H24N2O3. The molecule has 0 saturated carbocycles. The third-order valence-electron chi connectivity index (χ3n) is 3.45. The van der Waals surface area contributed by atoms with Crippen LogP contribution in [0.15, 0.2) is 42.6 Å². The molecule has 0 atom stereocenters. The minimum atomic E-state index is -0.178. The van der Waals surface area contributed by atoms with Crippen LogP contribution in [0.5, 0.6) is 5.88 Å². The number of ether oxygens (including phenoxy) is 2. The monoisotopic (exact) mass is 328 g/mol. The summed E-state index contributed by atoms with van der Waals surface area (Å²) in [6, 6.07) is 12.1. The first kappa shape index (κ1) is 17.9. The Bertz CT molecular complexity index is 624. The molecule has 0 aliphatic heterocycles. The van der Waals surface area contributed by atoms with Crippen molar-refractivity contribution in [3.8, 4) is 5.88 Å². The van der Waals surface area contributed by atoms with Gasteiger partial charge in [-0.25, -0.2) is 4.98 Å². The van der Waals surface area contributed by atoms with Crippen molar-refractivity contribution in [3.63, 3.8) is 0 Å². The molecule has 0 saturated heterocycles. The fraction of sp³-hybridized carbons (Fsp3) is 0.368. The van der Waals surface area contributed by atoms with Crippen LogP contribution in [0.25, 0.3) is 0 Å². The van der Waals surface area contributed by atoms with Crippen LogP contribution in [0.4, 0.5) is 0 Å². The Morgan fingerprint density at radius 1 is 1.12 bits per heavy atom. The molecule has 0 bridgehead atoms. The van der Waals surface area contributed by atoms with E-state index < -0.39 is 0 Å². The van der Waals surface area contributed by atoms with Gasteiger partial charge in [0, 0.05) is 25.4 Å². The van der Waals surface area contributed by atoms with Crippen molar-refractivity contribution < 1.29 is 14.3 Å². The van der Waals surface area contributed by atoms with Crippen LogP contribution < -0.4 is 10.1 Å². The summed E-state index contributed by atoms with van der Waals surface area (Å²) < 4.78 is 10.6. The number of carbonyl (C=O) groups excluding carboxylic acids is 1. The third-order valence-corrected chi connectivity index (χ3v) is 3.45. The summed E-state index contributed by atoms with van der Waals surface area (Å²) in [5.41, 5.74) is 3.39. The lowest BCUT2D eigenvalue weighted by Gasteiger charge is -2.07. The minimum Gasteiger partial charge on any atom is -0.473 e. The molecule has 2 rings (SSSR count). The summed E-state index contributed by atoms with van der Waals surface area (Å²) >= 11 is 0. The van der Waals surface area contributed by atoms with Gasteiger partial charge in [-0.1, -0.05) is 35.9 Å². The molecule has 1 N–H and O–H groups in total. The molecule has 5 nitrogen and oxygen atoms in total. The summed E-state index contributed by atoms with van der Waals surface area (Å²) in [5, 5.41) is 3.19. The number of rotatable bonds is 9. The summed E-state index contributed by atoms with van der Waals surface area (Å²) in [5.74, 6) is 0.425. The van der Waals surface area contributed by atoms with Crippen molar-refractivity contribution in [2.45, 2.75) is 33.4 Å². The number of carbonyl (C=O) groups is 1. The number of hydrogen-bond acceptors (Lipinski definition) is 5. The molecule has 128 valence electrons. The largest absolute Gasteiger partial charge is 0.473 e. The van der Waals surface area contributed by atoms with Crippen molar-refractivity contribution >= 4 is 5.97 Å². The van der Waals surface area contributed by atoms with Crippen LogP contribution >= 0.6 is 0 Å². The van der Waals surface area contributed by atoms with Gasteiger partial charge in [-0.2, -0.15) is 0 Å². The minimum absolute atomic E-state index is 0.178. The van der Waals surface area contributed by atoms with Crippen LogP contribution in [0.2, 0.25) is 0 Å². The summed E-state index contributed by atoms with van der Waals surface area (Å²) in [6.07, 6.45) is 2.15. The molecule has 1 heterocycles. The zero-order valence-electron chi connectivity index (χ0n) is 14.2. The quantitative estimate of drug-likeness (QED) is 0.566. The van der Waals surface area contributed by atoms with E-state index in [0.29, 0.717) is 38.6 Å². The maximum atomic E-state index is 11.2. The fourth-order valence-corrected chi connectivity index (χ4v) is 2.10. The number of aryl methyl sites for hydroxylation is 1. The number of nitrogens with zero attached hydrogens (tertiary/aromatic N) is 1. The van der Waals surface area contributed by atoms with Crippen molar-refractivity contribution in [2.75, 3.05) is 13.2 Å². The Kier molecular flexibility index (Phi) is 7.23. The lowest BCUT2D eigenvalue weighted by Crippen LogP contribution is -2.19. The molecule has 2 aromatic rings. The highest BCUT2D eigenvalue weighted by molar-refractivity contribution is 5.69. The highest BCUT2D eigenvalue weighted by atomic mass is 16.5. The highest BCUT2D eigenvalue weighted by Gasteiger charge is 2.02. The van der Waals surface area contributed by atoms with E-state index in [2.05, 4.69) is 41.5 Å². The topological polar surface area (TPSA) is 60.5 Å². The van der Waals surface area contributed by atoms with E-state index in [4.69, 9.17) is 9.47 Å². The maximum absolute atomic E-state index is 11.2. The van der Waals surface area contributed by atoms with Gasteiger partial charge in [0.05, 0.1) is 13.0 Å². The molecule has 24 heavy (non-hydrogen) atoms. The van der Waals surface area contributed by atoms with E-state index in [1.54, 1.807) is 13.1 Å². The molecule has 1 aromatic carbocycles. The lowest BCUT2D eigenvalue weighted by molar-refractivity contribution is -0.142. The van der Waals surface area contributed by atoms with Gasteiger partial charge < -0.3 is 14.8 Å². The van der Waals surface area contributed by atoms with Gasteiger partial charge in [0.1, 0.15) is 6.61 Å². The van der Waals surface area contributed by atoms with Crippen LogP contribution in [0, 0.1) is 6.92 Å². The number of pyridine rings is 1. The molecule has 0 aliphatic rings. The number of aromatic nitrogens is 1. The second-order valence-corrected chi connectivity index (χ2v) is 5.51. The van der Waals surface area contributed by atoms with Gasteiger partial charge in [0.25, 0.3) is 0 Å². The smallest absolute Gasteiger partial charge is 0.307 e. The van der Waals surface area contributed by atoms with E-state index in [1.165, 1.54) is 5.56 Å². The fourth-order valence-electron chi connectivity index (χ4n) is 2.10. The van der Waals surface area contributed by atoms with Crippen LogP contribution in [-0.2, 0) is 22.7 Å². The van der Waals surface area contributed by atoms with E-state index in [0.717, 1.165) is 11.1 Å². The van der Waals surface area contributed by atoms with Gasteiger partial charge in [-0.05, 0) is 25.0 Å². The first-order valence-corrected chi connectivity index (χ1v) is 8.17. The molecule has 0 aliphatic carbocycles. The van der Waals surface area contributed by atoms with Crippen LogP contribution in [0.1, 0.15) is 30.0 Å². The molecular weight excluding hydrogens is 304 g/mol. The predicted octanol–water partition coefficient (Wildman–Crippen LogP) is 3.01. The van der Waals surface area contributed by atoms with Crippen molar-refractivity contribution in [3.05, 3.63) is 59.3 Å². The Balaban J connectivity index is 1.70. The molecule has 5 heteroatoms. The van der Waals surface area contributed by atoms with Gasteiger partial charge in [-0.3, -0.25) is 4.79 Å². The molecule has 1 aromatic heterocycles. The highest BCUT2D eigenvalue weighted by Crippen LogP contribution is 2.11. The Hall–Kier alpha value is -2.40. The van der Waals surface area contributed by atoms with E-state index in [9.17, 15) is 4.79 Å². The average Bonchev–Trinajstić information content (AvgIpc) is 2.59. The molecule has 0 unspecified atom stereocenters. The Labute approximate surface area is 143 Å². The normalized spacial score (nSPS) is 10.4. The number of hydrogen-bond donors (Lipinski definition) is 1. The first-order chi connectivity index (χ1) is 11.7. The summed E-state index contributed by atoms with van der Waals surface area (Å²) in [6.45, 7) is 6.04. The second kappa shape index (κ2) is 9.67. The molecule has 0 radical (unpaired) electrons. The Morgan fingerprint density at radius 3 is 2.54 bits per heavy atom. The molecule has 0 amide bonds. The van der Waals surface area contributed by atoms with Crippen molar-refractivity contribution in [1.29, 1.82) is 0 Å². The standard InChI is InChI=1S/C19H24N2O3/c1-3-23-19(22)10-11-20-12-17-8-9-18(21-13-17)24-14-16-6-4-15(2)5-7-16/h4-9,13,20H,3,10-12,14H2,1-2H3. The predicted molar refractivity (Wildman–Crippen MR) is 92.7 cm³/mol. The van der Waals surface area contributed by atoms with Crippen molar-refractivity contribution in [1.82, 2.24) is 10.3 Å². The van der Waals surface area contributed by atoms with E-state index in [1.807, 2.05) is 12.1 Å². The zero-order chi connectivity index (χ0) is 17.2. The van der Waals surface area contributed by atoms with E-state index in [-0.39, 0.29) is 5.97 Å². The van der Waals surface area contributed by atoms with Gasteiger partial charge in [0.15, 0.2) is 0 Å². The molecule has 0 fully saturated rings. The second-order valence-electron chi connectivity index (χ2n) is 5.51. The van der Waals surface area contributed by atoms with Gasteiger partial charge in [0.2, 0.25) is 5.88 Å². The first-order valence-electron chi connectivity index (χ1n) is 8.17. The molecule has 0 spiro atoms. The number of benzene rings is 1. The summed E-state index contributed by atoms with van der Waals surface area (Å²) in [7, 11) is 0. The number of esters is 1. The Morgan fingerprint density at radius 2 is 1.88 bits per heavy atom. The van der Waals surface area contributed by atoms with Crippen molar-refractivity contribution in [2.24, 2.45) is 0 Å². The van der Waals surface area contributed by atoms with Gasteiger partial charge >= 0.3 is 5.97 Å². The van der Waals surface area contributed by atoms with Gasteiger partial charge in [-0.15, -0.1) is 0 Å². The summed E-state index contributed by atoms with van der Waals surface area (Å²) in [4.78, 5) is 15.5. The van der Waals surface area contributed by atoms with Crippen LogP contribution in [0.3, 0.4) is 0 Å².